The number of nitrogens with one attached hydrogen (secondary N) is 1. The summed E-state index contributed by atoms with van der Waals surface area (Å²) in [6.07, 6.45) is 5.01. The van der Waals surface area contributed by atoms with Crippen LogP contribution in [-0.4, -0.2) is 19.7 Å². The second-order valence-corrected chi connectivity index (χ2v) is 5.41. The van der Waals surface area contributed by atoms with Crippen molar-refractivity contribution < 1.29 is 0 Å². The molecule has 1 aromatic carbocycles. The van der Waals surface area contributed by atoms with Gasteiger partial charge in [0.2, 0.25) is 0 Å². The summed E-state index contributed by atoms with van der Waals surface area (Å²) < 4.78 is 1.75. The average Bonchev–Trinajstić information content (AvgIpc) is 3.08. The number of hydrogen-bond acceptors (Lipinski definition) is 4. The molecular formula is C16H16ClN5. The fourth-order valence-electron chi connectivity index (χ4n) is 2.18. The third-order valence-electron chi connectivity index (χ3n) is 3.46. The lowest BCUT2D eigenvalue weighted by molar-refractivity contribution is 0.573. The van der Waals surface area contributed by atoms with Crippen LogP contribution in [0.5, 0.6) is 0 Å². The lowest BCUT2D eigenvalue weighted by atomic mass is 10.1. The molecule has 22 heavy (non-hydrogen) atoms. The van der Waals surface area contributed by atoms with Crippen molar-refractivity contribution in [1.29, 1.82) is 0 Å². The van der Waals surface area contributed by atoms with Crippen molar-refractivity contribution in [2.45, 2.75) is 19.5 Å². The molecule has 1 atom stereocenters. The van der Waals surface area contributed by atoms with Gasteiger partial charge in [-0.3, -0.25) is 0 Å². The van der Waals surface area contributed by atoms with E-state index in [0.717, 1.165) is 17.8 Å². The summed E-state index contributed by atoms with van der Waals surface area (Å²) in [5, 5.41) is 8.13. The van der Waals surface area contributed by atoms with E-state index in [9.17, 15) is 0 Å². The molecule has 1 N–H and O–H groups in total. The number of pyridine rings is 1. The normalized spacial score (nSPS) is 12.3. The molecule has 3 aromatic rings. The van der Waals surface area contributed by atoms with Crippen LogP contribution in [0, 0.1) is 0 Å². The molecular weight excluding hydrogens is 298 g/mol. The van der Waals surface area contributed by atoms with E-state index in [-0.39, 0.29) is 6.04 Å². The van der Waals surface area contributed by atoms with Crippen molar-refractivity contribution in [3.8, 4) is 5.69 Å². The van der Waals surface area contributed by atoms with E-state index in [4.69, 9.17) is 11.6 Å². The number of rotatable bonds is 5. The zero-order valence-corrected chi connectivity index (χ0v) is 12.9. The minimum atomic E-state index is 0.194. The van der Waals surface area contributed by atoms with Gasteiger partial charge in [-0.05, 0) is 36.2 Å². The van der Waals surface area contributed by atoms with Crippen molar-refractivity contribution in [2.24, 2.45) is 0 Å². The lowest BCUT2D eigenvalue weighted by Crippen LogP contribution is -2.18. The number of halogens is 1. The summed E-state index contributed by atoms with van der Waals surface area (Å²) in [6.45, 7) is 2.86. The molecule has 0 bridgehead atoms. The number of benzene rings is 1. The zero-order valence-electron chi connectivity index (χ0n) is 12.1. The van der Waals surface area contributed by atoms with Crippen LogP contribution < -0.4 is 5.32 Å². The maximum Gasteiger partial charge on any atom is 0.138 e. The third kappa shape index (κ3) is 3.50. The van der Waals surface area contributed by atoms with Crippen LogP contribution in [0.2, 0.25) is 5.15 Å². The monoisotopic (exact) mass is 313 g/mol. The van der Waals surface area contributed by atoms with Gasteiger partial charge in [0.15, 0.2) is 0 Å². The van der Waals surface area contributed by atoms with Crippen molar-refractivity contribution in [3.05, 3.63) is 71.5 Å². The third-order valence-corrected chi connectivity index (χ3v) is 3.68. The maximum atomic E-state index is 5.81. The molecule has 0 fully saturated rings. The molecule has 0 amide bonds. The summed E-state index contributed by atoms with van der Waals surface area (Å²) >= 11 is 5.81. The molecule has 0 unspecified atom stereocenters. The first-order valence-corrected chi connectivity index (χ1v) is 7.39. The number of hydrogen-bond donors (Lipinski definition) is 1. The fourth-order valence-corrected chi connectivity index (χ4v) is 2.29. The van der Waals surface area contributed by atoms with Crippen LogP contribution in [-0.2, 0) is 6.54 Å². The Kier molecular flexibility index (Phi) is 4.46. The molecule has 3 rings (SSSR count). The van der Waals surface area contributed by atoms with Crippen molar-refractivity contribution >= 4 is 11.6 Å². The van der Waals surface area contributed by atoms with Gasteiger partial charge in [-0.2, -0.15) is 5.10 Å². The zero-order chi connectivity index (χ0) is 15.4. The van der Waals surface area contributed by atoms with Gasteiger partial charge >= 0.3 is 0 Å². The Morgan fingerprint density at radius 2 is 2.18 bits per heavy atom. The molecule has 0 saturated heterocycles. The van der Waals surface area contributed by atoms with Crippen molar-refractivity contribution in [2.75, 3.05) is 0 Å². The van der Waals surface area contributed by atoms with Crippen LogP contribution >= 0.6 is 11.6 Å². The summed E-state index contributed by atoms with van der Waals surface area (Å²) in [6, 6.07) is 12.2. The van der Waals surface area contributed by atoms with Gasteiger partial charge in [0.1, 0.15) is 17.8 Å². The van der Waals surface area contributed by atoms with Crippen LogP contribution in [0.3, 0.4) is 0 Å². The Morgan fingerprint density at radius 3 is 2.91 bits per heavy atom. The van der Waals surface area contributed by atoms with Crippen LogP contribution in [0.1, 0.15) is 24.1 Å². The predicted octanol–water partition coefficient (Wildman–Crippen LogP) is 3.17. The minimum absolute atomic E-state index is 0.194. The lowest BCUT2D eigenvalue weighted by Gasteiger charge is -2.14. The first-order valence-electron chi connectivity index (χ1n) is 7.01. The smallest absolute Gasteiger partial charge is 0.138 e. The van der Waals surface area contributed by atoms with Gasteiger partial charge < -0.3 is 5.32 Å². The maximum absolute atomic E-state index is 5.81. The molecule has 0 aliphatic carbocycles. The first kappa shape index (κ1) is 14.7. The highest BCUT2D eigenvalue weighted by Crippen LogP contribution is 2.15. The van der Waals surface area contributed by atoms with Gasteiger partial charge in [0, 0.05) is 18.8 Å². The highest BCUT2D eigenvalue weighted by molar-refractivity contribution is 6.29. The van der Waals surface area contributed by atoms with E-state index >= 15 is 0 Å². The van der Waals surface area contributed by atoms with Crippen molar-refractivity contribution in [1.82, 2.24) is 25.1 Å². The summed E-state index contributed by atoms with van der Waals surface area (Å²) in [7, 11) is 0. The molecule has 0 saturated carbocycles. The van der Waals surface area contributed by atoms with Crippen LogP contribution in [0.15, 0.2) is 55.2 Å². The predicted molar refractivity (Wildman–Crippen MR) is 85.9 cm³/mol. The minimum Gasteiger partial charge on any atom is -0.306 e. The van der Waals surface area contributed by atoms with Crippen molar-refractivity contribution in [3.63, 3.8) is 0 Å². The molecule has 6 heteroatoms. The van der Waals surface area contributed by atoms with Gasteiger partial charge in [-0.25, -0.2) is 14.6 Å². The molecule has 0 aliphatic heterocycles. The average molecular weight is 314 g/mol. The standard InChI is InChI=1S/C16H16ClN5/c1-12(14-5-6-16(17)20-9-14)19-8-13-3-2-4-15(7-13)22-11-18-10-21-22/h2-7,9-12,19H,8H2,1H3/t12-/m0/s1. The molecule has 0 aliphatic rings. The highest BCUT2D eigenvalue weighted by atomic mass is 35.5. The molecule has 0 radical (unpaired) electrons. The van der Waals surface area contributed by atoms with E-state index in [0.29, 0.717) is 5.15 Å². The highest BCUT2D eigenvalue weighted by Gasteiger charge is 2.06. The van der Waals surface area contributed by atoms with E-state index < -0.39 is 0 Å². The summed E-state index contributed by atoms with van der Waals surface area (Å²) in [4.78, 5) is 8.08. The Balaban J connectivity index is 1.66. The van der Waals surface area contributed by atoms with E-state index in [2.05, 4.69) is 39.4 Å². The van der Waals surface area contributed by atoms with Gasteiger partial charge in [0.05, 0.1) is 5.69 Å². The quantitative estimate of drug-likeness (QED) is 0.735. The van der Waals surface area contributed by atoms with Gasteiger partial charge in [-0.1, -0.05) is 29.8 Å². The Bertz CT molecular complexity index is 725. The van der Waals surface area contributed by atoms with E-state index in [1.54, 1.807) is 23.3 Å². The van der Waals surface area contributed by atoms with Gasteiger partial charge in [-0.15, -0.1) is 0 Å². The molecule has 2 heterocycles. The second kappa shape index (κ2) is 6.68. The molecule has 112 valence electrons. The largest absolute Gasteiger partial charge is 0.306 e. The summed E-state index contributed by atoms with van der Waals surface area (Å²) in [5.41, 5.74) is 3.29. The Labute approximate surface area is 134 Å². The van der Waals surface area contributed by atoms with E-state index in [1.165, 1.54) is 11.9 Å². The Hall–Kier alpha value is -2.24. The molecule has 2 aromatic heterocycles. The Morgan fingerprint density at radius 1 is 1.27 bits per heavy atom. The molecule has 0 spiro atoms. The van der Waals surface area contributed by atoms with Gasteiger partial charge in [0.25, 0.3) is 0 Å². The van der Waals surface area contributed by atoms with Crippen LogP contribution in [0.25, 0.3) is 5.69 Å². The fraction of sp³-hybridized carbons (Fsp3) is 0.188. The number of aromatic nitrogens is 4. The van der Waals surface area contributed by atoms with E-state index in [1.807, 2.05) is 18.2 Å². The number of nitrogens with zero attached hydrogens (tertiary/aromatic N) is 4. The molecule has 5 nitrogen and oxygen atoms in total. The second-order valence-electron chi connectivity index (χ2n) is 5.03. The summed E-state index contributed by atoms with van der Waals surface area (Å²) in [5.74, 6) is 0. The topological polar surface area (TPSA) is 55.6 Å². The first-order chi connectivity index (χ1) is 10.7. The SMILES string of the molecule is C[C@H](NCc1cccc(-n2cncn2)c1)c1ccc(Cl)nc1. The van der Waals surface area contributed by atoms with Crippen LogP contribution in [0.4, 0.5) is 0 Å².